The lowest BCUT2D eigenvalue weighted by atomic mass is 9.95. The summed E-state index contributed by atoms with van der Waals surface area (Å²) in [5, 5.41) is 0. The summed E-state index contributed by atoms with van der Waals surface area (Å²) in [5.41, 5.74) is -0.296. The molecule has 150 valence electrons. The number of hydrogen-bond donors (Lipinski definition) is 0. The Kier molecular flexibility index (Phi) is 6.46. The summed E-state index contributed by atoms with van der Waals surface area (Å²) >= 11 is 0. The second-order valence-electron chi connectivity index (χ2n) is 6.70. The number of halogens is 4. The van der Waals surface area contributed by atoms with Gasteiger partial charge in [-0.3, -0.25) is 0 Å². The lowest BCUT2D eigenvalue weighted by Gasteiger charge is -2.25. The zero-order valence-corrected chi connectivity index (χ0v) is 15.0. The predicted molar refractivity (Wildman–Crippen MR) is 95.1 cm³/mol. The summed E-state index contributed by atoms with van der Waals surface area (Å²) in [7, 11) is 0. The zero-order chi connectivity index (χ0) is 20.1. The summed E-state index contributed by atoms with van der Waals surface area (Å²) in [6, 6.07) is 8.71. The van der Waals surface area contributed by atoms with Gasteiger partial charge in [-0.1, -0.05) is 24.3 Å². The van der Waals surface area contributed by atoms with Crippen LogP contribution in [0.2, 0.25) is 0 Å². The molecule has 3 nitrogen and oxygen atoms in total. The number of hydrogen-bond acceptors (Lipinski definition) is 3. The van der Waals surface area contributed by atoms with Gasteiger partial charge in [-0.2, -0.15) is 13.2 Å². The molecule has 1 unspecified atom stereocenters. The second-order valence-corrected chi connectivity index (χ2v) is 6.70. The van der Waals surface area contributed by atoms with E-state index in [9.17, 15) is 22.4 Å². The minimum absolute atomic E-state index is 0.0101. The van der Waals surface area contributed by atoms with Crippen LogP contribution in [-0.2, 0) is 26.9 Å². The van der Waals surface area contributed by atoms with Gasteiger partial charge in [0.05, 0.1) is 5.56 Å². The molecule has 1 aliphatic rings. The van der Waals surface area contributed by atoms with E-state index in [0.29, 0.717) is 24.9 Å². The SMILES string of the molecule is O=C[C@@H](Cc1ccc(-c2ccc(F)cc2)c(C(F)(F)F)c1)OC1CCCCO1. The van der Waals surface area contributed by atoms with Crippen LogP contribution in [0.1, 0.15) is 30.4 Å². The summed E-state index contributed by atoms with van der Waals surface area (Å²) in [6.07, 6.45) is -2.90. The Morgan fingerprint density at radius 3 is 2.50 bits per heavy atom. The molecule has 7 heteroatoms. The molecular formula is C21H20F4O3. The highest BCUT2D eigenvalue weighted by Gasteiger charge is 2.34. The number of benzene rings is 2. The molecule has 2 aromatic rings. The highest BCUT2D eigenvalue weighted by molar-refractivity contribution is 5.69. The molecule has 0 saturated carbocycles. The summed E-state index contributed by atoms with van der Waals surface area (Å²) in [6.45, 7) is 0.542. The molecular weight excluding hydrogens is 376 g/mol. The molecule has 0 aromatic heterocycles. The van der Waals surface area contributed by atoms with Gasteiger partial charge in [-0.05, 0) is 54.2 Å². The van der Waals surface area contributed by atoms with E-state index in [4.69, 9.17) is 9.47 Å². The molecule has 1 heterocycles. The van der Waals surface area contributed by atoms with Crippen molar-refractivity contribution in [2.75, 3.05) is 6.61 Å². The molecule has 0 bridgehead atoms. The number of rotatable bonds is 6. The third kappa shape index (κ3) is 5.17. The van der Waals surface area contributed by atoms with Gasteiger partial charge in [0.15, 0.2) is 6.29 Å². The van der Waals surface area contributed by atoms with Crippen molar-refractivity contribution < 1.29 is 31.8 Å². The highest BCUT2D eigenvalue weighted by Crippen LogP contribution is 2.38. The quantitative estimate of drug-likeness (QED) is 0.500. The average Bonchev–Trinajstić information content (AvgIpc) is 2.68. The topological polar surface area (TPSA) is 35.5 Å². The van der Waals surface area contributed by atoms with Gasteiger partial charge in [0.25, 0.3) is 0 Å². The Morgan fingerprint density at radius 2 is 1.89 bits per heavy atom. The minimum Gasteiger partial charge on any atom is -0.353 e. The van der Waals surface area contributed by atoms with E-state index >= 15 is 0 Å². The van der Waals surface area contributed by atoms with Crippen LogP contribution in [0.25, 0.3) is 11.1 Å². The second kappa shape index (κ2) is 8.84. The normalized spacial score (nSPS) is 18.6. The first-order valence-electron chi connectivity index (χ1n) is 9.05. The van der Waals surface area contributed by atoms with Gasteiger partial charge in [0.1, 0.15) is 18.2 Å². The van der Waals surface area contributed by atoms with Crippen molar-refractivity contribution in [3.63, 3.8) is 0 Å². The molecule has 1 fully saturated rings. The van der Waals surface area contributed by atoms with Crippen LogP contribution >= 0.6 is 0 Å². The summed E-state index contributed by atoms with van der Waals surface area (Å²) in [5.74, 6) is -0.523. The van der Waals surface area contributed by atoms with Crippen LogP contribution in [-0.4, -0.2) is 25.3 Å². The first kappa shape index (κ1) is 20.5. The molecule has 3 rings (SSSR count). The lowest BCUT2D eigenvalue weighted by Crippen LogP contribution is -2.30. The van der Waals surface area contributed by atoms with Crippen molar-refractivity contribution in [1.29, 1.82) is 0 Å². The van der Waals surface area contributed by atoms with E-state index < -0.39 is 30.0 Å². The Morgan fingerprint density at radius 1 is 1.14 bits per heavy atom. The minimum atomic E-state index is -4.59. The molecule has 2 atom stereocenters. The molecule has 28 heavy (non-hydrogen) atoms. The molecule has 0 spiro atoms. The van der Waals surface area contributed by atoms with Crippen molar-refractivity contribution in [3.8, 4) is 11.1 Å². The first-order chi connectivity index (χ1) is 13.4. The molecule has 0 radical (unpaired) electrons. The van der Waals surface area contributed by atoms with Gasteiger partial charge in [-0.25, -0.2) is 4.39 Å². The zero-order valence-electron chi connectivity index (χ0n) is 15.0. The Bertz CT molecular complexity index is 796. The summed E-state index contributed by atoms with van der Waals surface area (Å²) in [4.78, 5) is 11.3. The van der Waals surface area contributed by atoms with Crippen LogP contribution in [0, 0.1) is 5.82 Å². The fourth-order valence-corrected chi connectivity index (χ4v) is 3.21. The first-order valence-corrected chi connectivity index (χ1v) is 9.05. The molecule has 1 saturated heterocycles. The smallest absolute Gasteiger partial charge is 0.353 e. The number of carbonyl (C=O) groups is 1. The predicted octanol–water partition coefficient (Wildman–Crippen LogP) is 5.16. The molecule has 2 aromatic carbocycles. The number of ether oxygens (including phenoxy) is 2. The third-order valence-electron chi connectivity index (χ3n) is 4.60. The number of carbonyl (C=O) groups excluding carboxylic acids is 1. The monoisotopic (exact) mass is 396 g/mol. The van der Waals surface area contributed by atoms with E-state index in [1.807, 2.05) is 0 Å². The van der Waals surface area contributed by atoms with E-state index in [0.717, 1.165) is 31.0 Å². The Balaban J connectivity index is 1.83. The van der Waals surface area contributed by atoms with Gasteiger partial charge in [0, 0.05) is 13.0 Å². The maximum atomic E-state index is 13.6. The maximum Gasteiger partial charge on any atom is 0.417 e. The fraction of sp³-hybridized carbons (Fsp3) is 0.381. The van der Waals surface area contributed by atoms with Crippen LogP contribution in [0.15, 0.2) is 42.5 Å². The Hall–Kier alpha value is -2.25. The largest absolute Gasteiger partial charge is 0.417 e. The van der Waals surface area contributed by atoms with E-state index in [2.05, 4.69) is 0 Å². The van der Waals surface area contributed by atoms with Crippen LogP contribution in [0.4, 0.5) is 17.6 Å². The molecule has 0 aliphatic carbocycles. The van der Waals surface area contributed by atoms with E-state index in [1.165, 1.54) is 24.3 Å². The van der Waals surface area contributed by atoms with Crippen molar-refractivity contribution in [2.45, 2.75) is 44.3 Å². The molecule has 0 N–H and O–H groups in total. The Labute approximate surface area is 160 Å². The van der Waals surface area contributed by atoms with Gasteiger partial charge in [0.2, 0.25) is 0 Å². The third-order valence-corrected chi connectivity index (χ3v) is 4.60. The standard InChI is InChI=1S/C21H20F4O3/c22-16-7-5-15(6-8-16)18-9-4-14(12-19(18)21(23,24)25)11-17(13-26)28-20-3-1-2-10-27-20/h4-9,12-13,17,20H,1-3,10-11H2/t17-,20?/m1/s1. The van der Waals surface area contributed by atoms with Crippen LogP contribution < -0.4 is 0 Å². The maximum absolute atomic E-state index is 13.6. The van der Waals surface area contributed by atoms with Crippen LogP contribution in [0.3, 0.4) is 0 Å². The van der Waals surface area contributed by atoms with E-state index in [-0.39, 0.29) is 17.5 Å². The molecule has 0 amide bonds. The van der Waals surface area contributed by atoms with Gasteiger partial charge < -0.3 is 14.3 Å². The lowest BCUT2D eigenvalue weighted by molar-refractivity contribution is -0.186. The highest BCUT2D eigenvalue weighted by atomic mass is 19.4. The van der Waals surface area contributed by atoms with Crippen molar-refractivity contribution in [2.24, 2.45) is 0 Å². The number of alkyl halides is 3. The van der Waals surface area contributed by atoms with Crippen LogP contribution in [0.5, 0.6) is 0 Å². The number of aldehydes is 1. The van der Waals surface area contributed by atoms with E-state index in [1.54, 1.807) is 0 Å². The fourth-order valence-electron chi connectivity index (χ4n) is 3.21. The van der Waals surface area contributed by atoms with Crippen molar-refractivity contribution in [3.05, 3.63) is 59.4 Å². The summed E-state index contributed by atoms with van der Waals surface area (Å²) < 4.78 is 64.9. The van der Waals surface area contributed by atoms with Crippen molar-refractivity contribution >= 4 is 6.29 Å². The van der Waals surface area contributed by atoms with Gasteiger partial charge >= 0.3 is 6.18 Å². The van der Waals surface area contributed by atoms with Gasteiger partial charge in [-0.15, -0.1) is 0 Å². The van der Waals surface area contributed by atoms with Crippen molar-refractivity contribution in [1.82, 2.24) is 0 Å². The average molecular weight is 396 g/mol. The molecule has 1 aliphatic heterocycles.